The highest BCUT2D eigenvalue weighted by Crippen LogP contribution is 2.09. The topological polar surface area (TPSA) is 43.7 Å². The molecule has 0 aliphatic carbocycles. The third-order valence-electron chi connectivity index (χ3n) is 1.72. The summed E-state index contributed by atoms with van der Waals surface area (Å²) in [6.45, 7) is 3.16. The Morgan fingerprint density at radius 1 is 1.67 bits per heavy atom. The highest BCUT2D eigenvalue weighted by atomic mass is 16.3. The van der Waals surface area contributed by atoms with E-state index in [0.717, 1.165) is 13.0 Å². The Balaban J connectivity index is 2.30. The van der Waals surface area contributed by atoms with Gasteiger partial charge in [0, 0.05) is 13.1 Å². The highest BCUT2D eigenvalue weighted by molar-refractivity contribution is 4.74. The zero-order valence-corrected chi connectivity index (χ0v) is 5.62. The second kappa shape index (κ2) is 2.64. The van der Waals surface area contributed by atoms with E-state index < -0.39 is 6.23 Å². The van der Waals surface area contributed by atoms with Gasteiger partial charge in [0.15, 0.2) is 0 Å². The molecule has 1 saturated heterocycles. The number of β-amino-alcohol motifs (C(OH)–C–C–N with tert-alkyl or cyclic N) is 1. The maximum Gasteiger partial charge on any atom is 0.104 e. The van der Waals surface area contributed by atoms with Crippen LogP contribution in [-0.4, -0.2) is 40.5 Å². The molecule has 1 aliphatic heterocycles. The van der Waals surface area contributed by atoms with E-state index in [1.807, 2.05) is 4.90 Å². The molecule has 1 heterocycles. The number of aliphatic hydroxyl groups excluding tert-OH is 2. The minimum atomic E-state index is -0.401. The average Bonchev–Trinajstić information content (AvgIpc) is 2.14. The van der Waals surface area contributed by atoms with Gasteiger partial charge in [-0.25, -0.2) is 0 Å². The van der Waals surface area contributed by atoms with Crippen LogP contribution in [-0.2, 0) is 0 Å². The number of aliphatic hydroxyl groups is 2. The van der Waals surface area contributed by atoms with Gasteiger partial charge in [-0.15, -0.1) is 0 Å². The van der Waals surface area contributed by atoms with Gasteiger partial charge in [0.25, 0.3) is 0 Å². The van der Waals surface area contributed by atoms with Crippen molar-refractivity contribution >= 4 is 0 Å². The van der Waals surface area contributed by atoms with E-state index in [9.17, 15) is 0 Å². The Kier molecular flexibility index (Phi) is 2.05. The number of likely N-dealkylation sites (tertiary alicyclic amines) is 1. The van der Waals surface area contributed by atoms with Crippen LogP contribution >= 0.6 is 0 Å². The van der Waals surface area contributed by atoms with Crippen molar-refractivity contribution in [2.45, 2.75) is 25.7 Å². The Hall–Kier alpha value is -0.120. The first-order valence-corrected chi connectivity index (χ1v) is 3.30. The summed E-state index contributed by atoms with van der Waals surface area (Å²) in [6, 6.07) is 0. The lowest BCUT2D eigenvalue weighted by atomic mass is 10.3. The van der Waals surface area contributed by atoms with Crippen LogP contribution in [0.25, 0.3) is 0 Å². The van der Waals surface area contributed by atoms with Crippen LogP contribution in [0.2, 0.25) is 0 Å². The molecule has 0 aromatic rings. The van der Waals surface area contributed by atoms with Gasteiger partial charge in [-0.3, -0.25) is 4.90 Å². The summed E-state index contributed by atoms with van der Waals surface area (Å²) in [5, 5.41) is 18.0. The molecule has 0 saturated carbocycles. The first-order chi connectivity index (χ1) is 4.20. The molecule has 2 N–H and O–H groups in total. The molecule has 0 spiro atoms. The minimum absolute atomic E-state index is 0.223. The van der Waals surface area contributed by atoms with Gasteiger partial charge in [0.05, 0.1) is 6.10 Å². The fraction of sp³-hybridized carbons (Fsp3) is 1.00. The third kappa shape index (κ3) is 1.64. The number of hydrogen-bond acceptors (Lipinski definition) is 3. The van der Waals surface area contributed by atoms with E-state index in [2.05, 4.69) is 0 Å². The fourth-order valence-electron chi connectivity index (χ4n) is 1.11. The van der Waals surface area contributed by atoms with Crippen LogP contribution in [0, 0.1) is 0 Å². The zero-order chi connectivity index (χ0) is 6.85. The summed E-state index contributed by atoms with van der Waals surface area (Å²) in [6.07, 6.45) is 0.173. The molecule has 0 amide bonds. The Bertz CT molecular complexity index is 95.1. The van der Waals surface area contributed by atoms with Crippen molar-refractivity contribution in [3.05, 3.63) is 0 Å². The highest BCUT2D eigenvalue weighted by Gasteiger charge is 2.22. The smallest absolute Gasteiger partial charge is 0.104 e. The second-order valence-corrected chi connectivity index (χ2v) is 2.57. The average molecular weight is 131 g/mol. The SMILES string of the molecule is CC(O)N1CCC(O)C1. The van der Waals surface area contributed by atoms with E-state index >= 15 is 0 Å². The van der Waals surface area contributed by atoms with Gasteiger partial charge in [-0.2, -0.15) is 0 Å². The molecule has 2 unspecified atom stereocenters. The molecule has 0 aromatic carbocycles. The Morgan fingerprint density at radius 2 is 2.33 bits per heavy atom. The zero-order valence-electron chi connectivity index (χ0n) is 5.62. The molecular formula is C6H13NO2. The van der Waals surface area contributed by atoms with Gasteiger partial charge < -0.3 is 10.2 Å². The van der Waals surface area contributed by atoms with E-state index in [0.29, 0.717) is 6.54 Å². The number of hydrogen-bond donors (Lipinski definition) is 2. The molecule has 1 fully saturated rings. The summed E-state index contributed by atoms with van der Waals surface area (Å²) < 4.78 is 0. The van der Waals surface area contributed by atoms with Crippen LogP contribution in [0.5, 0.6) is 0 Å². The van der Waals surface area contributed by atoms with Crippen molar-refractivity contribution in [1.29, 1.82) is 0 Å². The molecule has 1 rings (SSSR count). The molecule has 0 radical (unpaired) electrons. The van der Waals surface area contributed by atoms with Crippen molar-refractivity contribution in [1.82, 2.24) is 4.90 Å². The van der Waals surface area contributed by atoms with Crippen LogP contribution in [0.15, 0.2) is 0 Å². The molecule has 3 heteroatoms. The minimum Gasteiger partial charge on any atom is -0.392 e. The first kappa shape index (κ1) is 6.99. The first-order valence-electron chi connectivity index (χ1n) is 3.30. The standard InChI is InChI=1S/C6H13NO2/c1-5(8)7-3-2-6(9)4-7/h5-6,8-9H,2-4H2,1H3. The van der Waals surface area contributed by atoms with Crippen LogP contribution in [0.4, 0.5) is 0 Å². The largest absolute Gasteiger partial charge is 0.392 e. The van der Waals surface area contributed by atoms with Gasteiger partial charge in [0.2, 0.25) is 0 Å². The number of rotatable bonds is 1. The molecule has 54 valence electrons. The fourth-order valence-corrected chi connectivity index (χ4v) is 1.11. The van der Waals surface area contributed by atoms with Crippen molar-refractivity contribution in [2.75, 3.05) is 13.1 Å². The maximum atomic E-state index is 9.00. The van der Waals surface area contributed by atoms with Gasteiger partial charge in [-0.1, -0.05) is 0 Å². The normalized spacial score (nSPS) is 33.0. The van der Waals surface area contributed by atoms with Crippen LogP contribution in [0.1, 0.15) is 13.3 Å². The molecule has 0 aromatic heterocycles. The van der Waals surface area contributed by atoms with Gasteiger partial charge in [-0.05, 0) is 13.3 Å². The summed E-state index contributed by atoms with van der Waals surface area (Å²) >= 11 is 0. The molecule has 0 bridgehead atoms. The van der Waals surface area contributed by atoms with Gasteiger partial charge in [0.1, 0.15) is 6.23 Å². The molecular weight excluding hydrogens is 118 g/mol. The third-order valence-corrected chi connectivity index (χ3v) is 1.72. The van der Waals surface area contributed by atoms with Crippen molar-refractivity contribution in [3.8, 4) is 0 Å². The van der Waals surface area contributed by atoms with Gasteiger partial charge >= 0.3 is 0 Å². The van der Waals surface area contributed by atoms with Crippen LogP contribution < -0.4 is 0 Å². The van der Waals surface area contributed by atoms with E-state index in [4.69, 9.17) is 10.2 Å². The van der Waals surface area contributed by atoms with Crippen molar-refractivity contribution in [3.63, 3.8) is 0 Å². The monoisotopic (exact) mass is 131 g/mol. The van der Waals surface area contributed by atoms with Crippen LogP contribution in [0.3, 0.4) is 0 Å². The predicted octanol–water partition coefficient (Wildman–Crippen LogP) is -0.609. The van der Waals surface area contributed by atoms with Crippen molar-refractivity contribution in [2.24, 2.45) is 0 Å². The Morgan fingerprint density at radius 3 is 2.56 bits per heavy atom. The lowest BCUT2D eigenvalue weighted by Gasteiger charge is -2.17. The summed E-state index contributed by atoms with van der Waals surface area (Å²) in [7, 11) is 0. The molecule has 9 heavy (non-hydrogen) atoms. The lowest BCUT2D eigenvalue weighted by Crippen LogP contribution is -2.31. The van der Waals surface area contributed by atoms with E-state index in [-0.39, 0.29) is 6.10 Å². The summed E-state index contributed by atoms with van der Waals surface area (Å²) in [5.74, 6) is 0. The van der Waals surface area contributed by atoms with E-state index in [1.54, 1.807) is 6.92 Å². The quantitative estimate of drug-likeness (QED) is 0.499. The summed E-state index contributed by atoms with van der Waals surface area (Å²) in [4.78, 5) is 1.85. The van der Waals surface area contributed by atoms with E-state index in [1.165, 1.54) is 0 Å². The second-order valence-electron chi connectivity index (χ2n) is 2.57. The predicted molar refractivity (Wildman–Crippen MR) is 33.9 cm³/mol. The summed E-state index contributed by atoms with van der Waals surface area (Å²) in [5.41, 5.74) is 0. The van der Waals surface area contributed by atoms with Crippen molar-refractivity contribution < 1.29 is 10.2 Å². The lowest BCUT2D eigenvalue weighted by molar-refractivity contribution is 0.0270. The number of nitrogens with zero attached hydrogens (tertiary/aromatic N) is 1. The molecule has 2 atom stereocenters. The maximum absolute atomic E-state index is 9.00. The Labute approximate surface area is 54.9 Å². The molecule has 1 aliphatic rings. The molecule has 3 nitrogen and oxygen atoms in total.